The summed E-state index contributed by atoms with van der Waals surface area (Å²) in [5.74, 6) is 0.245. The van der Waals surface area contributed by atoms with Gasteiger partial charge in [0.25, 0.3) is 0 Å². The van der Waals surface area contributed by atoms with Gasteiger partial charge in [0, 0.05) is 24.7 Å². The van der Waals surface area contributed by atoms with Gasteiger partial charge in [-0.1, -0.05) is 12.1 Å². The van der Waals surface area contributed by atoms with Gasteiger partial charge in [-0.05, 0) is 48.4 Å². The van der Waals surface area contributed by atoms with Crippen LogP contribution in [0, 0.1) is 0 Å². The first-order valence-electron chi connectivity index (χ1n) is 6.72. The van der Waals surface area contributed by atoms with E-state index in [1.807, 2.05) is 19.2 Å². The lowest BCUT2D eigenvalue weighted by molar-refractivity contribution is -0.0513. The Hall–Kier alpha value is -0.430. The highest BCUT2D eigenvalue weighted by Gasteiger charge is 2.21. The van der Waals surface area contributed by atoms with Crippen LogP contribution in [0.3, 0.4) is 0 Å². The summed E-state index contributed by atoms with van der Waals surface area (Å²) < 4.78 is 30.2. The monoisotopic (exact) mass is 384 g/mol. The molecule has 3 nitrogen and oxygen atoms in total. The number of nitrogens with one attached hydrogen (secondary N) is 1. The second kappa shape index (κ2) is 8.88. The summed E-state index contributed by atoms with van der Waals surface area (Å²) >= 11 is 3.28. The van der Waals surface area contributed by atoms with Gasteiger partial charge in [-0.25, -0.2) is 0 Å². The van der Waals surface area contributed by atoms with E-state index in [9.17, 15) is 8.78 Å². The first kappa shape index (κ1) is 18.6. The lowest BCUT2D eigenvalue weighted by atomic mass is 10.0. The Balaban J connectivity index is 0.00000220. The van der Waals surface area contributed by atoms with Crippen LogP contribution in [0.15, 0.2) is 22.7 Å². The lowest BCUT2D eigenvalue weighted by Crippen LogP contribution is -2.43. The number of para-hydroxylation sites is 1. The number of alkyl halides is 2. The van der Waals surface area contributed by atoms with E-state index in [2.05, 4.69) is 30.9 Å². The SMILES string of the molecule is CNC1CCCN(Cc2cccc(Br)c2OC(F)F)C1.Cl. The van der Waals surface area contributed by atoms with E-state index < -0.39 is 6.61 Å². The Labute approximate surface area is 138 Å². The molecule has 1 atom stereocenters. The van der Waals surface area contributed by atoms with Gasteiger partial charge in [0.05, 0.1) is 4.47 Å². The molecule has 0 amide bonds. The first-order valence-corrected chi connectivity index (χ1v) is 7.51. The standard InChI is InChI=1S/C14H19BrF2N2O.ClH/c1-18-11-5-3-7-19(9-11)8-10-4-2-6-12(15)13(10)20-14(16)17;/h2,4,6,11,14,18H,3,5,7-9H2,1H3;1H. The fourth-order valence-electron chi connectivity index (χ4n) is 2.57. The van der Waals surface area contributed by atoms with Gasteiger partial charge in [0.2, 0.25) is 0 Å². The van der Waals surface area contributed by atoms with Crippen LogP contribution in [-0.4, -0.2) is 37.7 Å². The molecule has 0 spiro atoms. The summed E-state index contributed by atoms with van der Waals surface area (Å²) in [7, 11) is 1.96. The van der Waals surface area contributed by atoms with E-state index in [0.29, 0.717) is 17.1 Å². The highest BCUT2D eigenvalue weighted by atomic mass is 79.9. The van der Waals surface area contributed by atoms with Crippen molar-refractivity contribution in [2.24, 2.45) is 0 Å². The van der Waals surface area contributed by atoms with Crippen LogP contribution >= 0.6 is 28.3 Å². The number of halogens is 4. The number of ether oxygens (including phenoxy) is 1. The van der Waals surface area contributed by atoms with Crippen molar-refractivity contribution < 1.29 is 13.5 Å². The van der Waals surface area contributed by atoms with Gasteiger partial charge in [-0.3, -0.25) is 4.90 Å². The first-order chi connectivity index (χ1) is 9.60. The third-order valence-corrected chi connectivity index (χ3v) is 4.19. The maximum absolute atomic E-state index is 12.5. The molecule has 120 valence electrons. The Morgan fingerprint density at radius 1 is 1.48 bits per heavy atom. The van der Waals surface area contributed by atoms with Crippen molar-refractivity contribution in [3.8, 4) is 5.75 Å². The number of likely N-dealkylation sites (tertiary alicyclic amines) is 1. The van der Waals surface area contributed by atoms with Crippen LogP contribution in [0.2, 0.25) is 0 Å². The van der Waals surface area contributed by atoms with E-state index in [1.54, 1.807) is 6.07 Å². The van der Waals surface area contributed by atoms with Gasteiger partial charge in [0.1, 0.15) is 5.75 Å². The molecule has 0 saturated carbocycles. The normalized spacial score (nSPS) is 19.4. The molecule has 1 unspecified atom stereocenters. The minimum Gasteiger partial charge on any atom is -0.433 e. The predicted octanol–water partition coefficient (Wildman–Crippen LogP) is 3.66. The van der Waals surface area contributed by atoms with E-state index in [1.165, 1.54) is 0 Å². The van der Waals surface area contributed by atoms with Gasteiger partial charge < -0.3 is 10.1 Å². The molecule has 7 heteroatoms. The molecule has 1 aromatic rings. The quantitative estimate of drug-likeness (QED) is 0.837. The predicted molar refractivity (Wildman–Crippen MR) is 85.4 cm³/mol. The molecule has 1 aromatic carbocycles. The summed E-state index contributed by atoms with van der Waals surface area (Å²) in [6.07, 6.45) is 2.27. The molecule has 1 aliphatic heterocycles. The number of benzene rings is 1. The van der Waals surface area contributed by atoms with Crippen LogP contribution in [0.1, 0.15) is 18.4 Å². The number of hydrogen-bond donors (Lipinski definition) is 1. The van der Waals surface area contributed by atoms with E-state index in [4.69, 9.17) is 0 Å². The van der Waals surface area contributed by atoms with Crippen molar-refractivity contribution in [2.45, 2.75) is 32.0 Å². The zero-order valence-corrected chi connectivity index (χ0v) is 14.2. The molecular weight excluding hydrogens is 366 g/mol. The number of nitrogens with zero attached hydrogens (tertiary/aromatic N) is 1. The molecule has 0 aliphatic carbocycles. The highest BCUT2D eigenvalue weighted by molar-refractivity contribution is 9.10. The summed E-state index contributed by atoms with van der Waals surface area (Å²) in [6.45, 7) is -0.269. The molecule has 0 bridgehead atoms. The third-order valence-electron chi connectivity index (χ3n) is 3.56. The molecule has 0 radical (unpaired) electrons. The fraction of sp³-hybridized carbons (Fsp3) is 0.571. The van der Waals surface area contributed by atoms with Crippen LogP contribution in [0.4, 0.5) is 8.78 Å². The molecule has 1 heterocycles. The van der Waals surface area contributed by atoms with E-state index in [0.717, 1.165) is 31.5 Å². The minimum absolute atomic E-state index is 0. The number of rotatable bonds is 5. The van der Waals surface area contributed by atoms with Crippen molar-refractivity contribution >= 4 is 28.3 Å². The van der Waals surface area contributed by atoms with Crippen LogP contribution < -0.4 is 10.1 Å². The Morgan fingerprint density at radius 3 is 2.90 bits per heavy atom. The number of piperidine rings is 1. The Morgan fingerprint density at radius 2 is 2.24 bits per heavy atom. The van der Waals surface area contributed by atoms with Gasteiger partial charge in [-0.2, -0.15) is 8.78 Å². The van der Waals surface area contributed by atoms with Crippen LogP contribution in [0.5, 0.6) is 5.75 Å². The highest BCUT2D eigenvalue weighted by Crippen LogP contribution is 2.31. The second-order valence-electron chi connectivity index (χ2n) is 4.97. The molecule has 0 aromatic heterocycles. The van der Waals surface area contributed by atoms with Gasteiger partial charge >= 0.3 is 6.61 Å². The van der Waals surface area contributed by atoms with Crippen molar-refractivity contribution in [3.63, 3.8) is 0 Å². The van der Waals surface area contributed by atoms with Crippen LogP contribution in [0.25, 0.3) is 0 Å². The summed E-state index contributed by atoms with van der Waals surface area (Å²) in [5, 5.41) is 3.28. The van der Waals surface area contributed by atoms with Gasteiger partial charge in [0.15, 0.2) is 0 Å². The molecule has 1 saturated heterocycles. The van der Waals surface area contributed by atoms with Crippen molar-refractivity contribution in [2.75, 3.05) is 20.1 Å². The maximum Gasteiger partial charge on any atom is 0.387 e. The maximum atomic E-state index is 12.5. The number of hydrogen-bond acceptors (Lipinski definition) is 3. The topological polar surface area (TPSA) is 24.5 Å². The Bertz CT molecular complexity index is 451. The summed E-state index contributed by atoms with van der Waals surface area (Å²) in [4.78, 5) is 2.27. The average molecular weight is 386 g/mol. The summed E-state index contributed by atoms with van der Waals surface area (Å²) in [6, 6.07) is 5.87. The van der Waals surface area contributed by atoms with Gasteiger partial charge in [-0.15, -0.1) is 12.4 Å². The van der Waals surface area contributed by atoms with E-state index >= 15 is 0 Å². The zero-order valence-electron chi connectivity index (χ0n) is 11.8. The van der Waals surface area contributed by atoms with Crippen molar-refractivity contribution in [1.82, 2.24) is 10.2 Å². The molecule has 1 fully saturated rings. The summed E-state index contributed by atoms with van der Waals surface area (Å²) in [5.41, 5.74) is 0.788. The molecule has 1 aliphatic rings. The fourth-order valence-corrected chi connectivity index (χ4v) is 3.08. The minimum atomic E-state index is -2.81. The Kier molecular flexibility index (Phi) is 7.87. The van der Waals surface area contributed by atoms with E-state index in [-0.39, 0.29) is 18.2 Å². The van der Waals surface area contributed by atoms with Crippen LogP contribution in [-0.2, 0) is 6.54 Å². The molecular formula is C14H20BrClF2N2O. The zero-order chi connectivity index (χ0) is 14.5. The lowest BCUT2D eigenvalue weighted by Gasteiger charge is -2.32. The second-order valence-corrected chi connectivity index (χ2v) is 5.82. The largest absolute Gasteiger partial charge is 0.433 e. The average Bonchev–Trinajstić information content (AvgIpc) is 2.42. The smallest absolute Gasteiger partial charge is 0.387 e. The molecule has 21 heavy (non-hydrogen) atoms. The molecule has 2 rings (SSSR count). The van der Waals surface area contributed by atoms with Crippen molar-refractivity contribution in [3.05, 3.63) is 28.2 Å². The third kappa shape index (κ3) is 5.36. The molecule has 1 N–H and O–H groups in total. The number of likely N-dealkylation sites (N-methyl/N-ethyl adjacent to an activating group) is 1. The van der Waals surface area contributed by atoms with Crippen molar-refractivity contribution in [1.29, 1.82) is 0 Å².